The molecule has 9 heteroatoms. The number of furan rings is 1. The molecule has 0 radical (unpaired) electrons. The van der Waals surface area contributed by atoms with Crippen LogP contribution in [0.3, 0.4) is 0 Å². The molecule has 32 heavy (non-hydrogen) atoms. The molecule has 0 bridgehead atoms. The second-order valence-electron chi connectivity index (χ2n) is 7.74. The van der Waals surface area contributed by atoms with Gasteiger partial charge in [-0.2, -0.15) is 10.2 Å². The Morgan fingerprint density at radius 2 is 2.25 bits per heavy atom. The second kappa shape index (κ2) is 8.80. The van der Waals surface area contributed by atoms with Crippen molar-refractivity contribution in [2.24, 2.45) is 0 Å². The van der Waals surface area contributed by atoms with E-state index in [1.807, 2.05) is 36.0 Å². The summed E-state index contributed by atoms with van der Waals surface area (Å²) < 4.78 is 13.4. The maximum Gasteiger partial charge on any atom is 0.291 e. The molecule has 5 rings (SSSR count). The molecule has 4 aromatic heterocycles. The molecule has 2 atom stereocenters. The van der Waals surface area contributed by atoms with Gasteiger partial charge >= 0.3 is 0 Å². The Morgan fingerprint density at radius 3 is 3.03 bits per heavy atom. The van der Waals surface area contributed by atoms with Gasteiger partial charge in [-0.15, -0.1) is 0 Å². The lowest BCUT2D eigenvalue weighted by molar-refractivity contribution is 0.0654. The predicted molar refractivity (Wildman–Crippen MR) is 118 cm³/mol. The van der Waals surface area contributed by atoms with E-state index >= 15 is 0 Å². The Labute approximate surface area is 184 Å². The number of nitrogens with zero attached hydrogens (tertiary/aromatic N) is 4. The number of ether oxygens (including phenoxy) is 1. The lowest BCUT2D eigenvalue weighted by atomic mass is 10.2. The molecule has 4 aromatic rings. The van der Waals surface area contributed by atoms with Gasteiger partial charge in [-0.3, -0.25) is 19.6 Å². The van der Waals surface area contributed by atoms with Gasteiger partial charge in [0.2, 0.25) is 0 Å². The quantitative estimate of drug-likeness (QED) is 0.450. The molecule has 9 nitrogen and oxygen atoms in total. The maximum absolute atomic E-state index is 12.9. The van der Waals surface area contributed by atoms with Gasteiger partial charge in [0.15, 0.2) is 5.76 Å². The monoisotopic (exact) mass is 432 g/mol. The van der Waals surface area contributed by atoms with Gasteiger partial charge < -0.3 is 14.5 Å². The van der Waals surface area contributed by atoms with Crippen LogP contribution in [0.5, 0.6) is 0 Å². The van der Waals surface area contributed by atoms with Crippen molar-refractivity contribution in [1.82, 2.24) is 25.0 Å². The number of carbonyl (C=O) groups is 1. The van der Waals surface area contributed by atoms with Gasteiger partial charge in [-0.05, 0) is 50.5 Å². The summed E-state index contributed by atoms with van der Waals surface area (Å²) in [7, 11) is 0. The highest BCUT2D eigenvalue weighted by Gasteiger charge is 2.28. The molecule has 1 unspecified atom stereocenters. The van der Waals surface area contributed by atoms with Crippen LogP contribution in [0.25, 0.3) is 22.7 Å². The minimum Gasteiger partial charge on any atom is -0.451 e. The van der Waals surface area contributed by atoms with E-state index in [0.29, 0.717) is 29.4 Å². The predicted octanol–water partition coefficient (Wildman–Crippen LogP) is 4.31. The lowest BCUT2D eigenvalue weighted by Gasteiger charge is -2.11. The first-order chi connectivity index (χ1) is 15.7. The van der Waals surface area contributed by atoms with Gasteiger partial charge in [0.05, 0.1) is 35.3 Å². The number of anilines is 1. The van der Waals surface area contributed by atoms with Crippen molar-refractivity contribution in [2.75, 3.05) is 11.9 Å². The highest BCUT2D eigenvalue weighted by Crippen LogP contribution is 2.35. The van der Waals surface area contributed by atoms with E-state index in [9.17, 15) is 4.79 Å². The summed E-state index contributed by atoms with van der Waals surface area (Å²) in [6.45, 7) is 2.72. The van der Waals surface area contributed by atoms with E-state index in [0.717, 1.165) is 24.8 Å². The Morgan fingerprint density at radius 1 is 1.31 bits per heavy atom. The molecule has 164 valence electrons. The normalized spacial score (nSPS) is 18.2. The number of aromatic amines is 1. The lowest BCUT2D eigenvalue weighted by Crippen LogP contribution is -2.12. The molecular weight excluding hydrogens is 408 g/mol. The molecule has 1 aliphatic carbocycles. The summed E-state index contributed by atoms with van der Waals surface area (Å²) in [4.78, 5) is 17.4. The summed E-state index contributed by atoms with van der Waals surface area (Å²) in [6, 6.07) is 9.24. The van der Waals surface area contributed by atoms with Crippen LogP contribution in [0.15, 0.2) is 59.5 Å². The SMILES string of the molecule is CCO[C@@H]1CCC(n2cc(NC(=O)c3ccc(-c4cn[nH]c4)o3)c(-c3ccccn3)n2)C1. The summed E-state index contributed by atoms with van der Waals surface area (Å²) in [6.07, 6.45) is 10.1. The largest absolute Gasteiger partial charge is 0.451 e. The highest BCUT2D eigenvalue weighted by molar-refractivity contribution is 6.04. The van der Waals surface area contributed by atoms with Crippen LogP contribution in [0.2, 0.25) is 0 Å². The number of carbonyl (C=O) groups excluding carboxylic acids is 1. The van der Waals surface area contributed by atoms with Crippen molar-refractivity contribution in [3.63, 3.8) is 0 Å². The number of H-pyrrole nitrogens is 1. The molecule has 0 aromatic carbocycles. The molecule has 1 amide bonds. The number of pyridine rings is 1. The minimum atomic E-state index is -0.352. The van der Waals surface area contributed by atoms with E-state index < -0.39 is 0 Å². The highest BCUT2D eigenvalue weighted by atomic mass is 16.5. The Hall–Kier alpha value is -3.72. The fourth-order valence-electron chi connectivity index (χ4n) is 4.09. The van der Waals surface area contributed by atoms with Crippen LogP contribution in [0, 0.1) is 0 Å². The van der Waals surface area contributed by atoms with Crippen LogP contribution in [-0.4, -0.2) is 43.6 Å². The zero-order chi connectivity index (χ0) is 21.9. The van der Waals surface area contributed by atoms with Crippen LogP contribution in [0.4, 0.5) is 5.69 Å². The van der Waals surface area contributed by atoms with Crippen molar-refractivity contribution in [3.8, 4) is 22.7 Å². The molecular formula is C23H24N6O3. The fourth-order valence-corrected chi connectivity index (χ4v) is 4.09. The molecule has 0 spiro atoms. The number of hydrogen-bond acceptors (Lipinski definition) is 6. The van der Waals surface area contributed by atoms with Gasteiger partial charge in [-0.1, -0.05) is 6.07 Å². The zero-order valence-corrected chi connectivity index (χ0v) is 17.7. The second-order valence-corrected chi connectivity index (χ2v) is 7.74. The standard InChI is InChI=1S/C23H24N6O3/c1-2-31-17-7-6-16(11-17)29-14-19(22(28-29)18-5-3-4-10-24-18)27-23(30)21-9-8-20(32-21)15-12-25-26-13-15/h3-5,8-10,12-14,16-17H,2,6-7,11H2,1H3,(H,25,26)(H,27,30)/t16?,17-/m1/s1. The van der Waals surface area contributed by atoms with E-state index in [1.54, 1.807) is 30.7 Å². The Bertz CT molecular complexity index is 1180. The third kappa shape index (κ3) is 4.06. The Balaban J connectivity index is 1.41. The van der Waals surface area contributed by atoms with Crippen LogP contribution in [-0.2, 0) is 4.74 Å². The summed E-state index contributed by atoms with van der Waals surface area (Å²) >= 11 is 0. The first kappa shape index (κ1) is 20.2. The van der Waals surface area contributed by atoms with E-state index in [-0.39, 0.29) is 23.8 Å². The third-order valence-corrected chi connectivity index (χ3v) is 5.63. The van der Waals surface area contributed by atoms with Gasteiger partial charge in [0.25, 0.3) is 5.91 Å². The number of aromatic nitrogens is 5. The van der Waals surface area contributed by atoms with Crippen LogP contribution < -0.4 is 5.32 Å². The molecule has 2 N–H and O–H groups in total. The van der Waals surface area contributed by atoms with Gasteiger partial charge in [0.1, 0.15) is 11.5 Å². The average Bonchev–Trinajstić information content (AvgIpc) is 3.61. The van der Waals surface area contributed by atoms with E-state index in [2.05, 4.69) is 20.5 Å². The first-order valence-corrected chi connectivity index (χ1v) is 10.7. The van der Waals surface area contributed by atoms with Crippen molar-refractivity contribution in [1.29, 1.82) is 0 Å². The van der Waals surface area contributed by atoms with Crippen molar-refractivity contribution >= 4 is 11.6 Å². The van der Waals surface area contributed by atoms with Gasteiger partial charge in [-0.25, -0.2) is 0 Å². The summed E-state index contributed by atoms with van der Waals surface area (Å²) in [5.41, 5.74) is 2.69. The minimum absolute atomic E-state index is 0.207. The van der Waals surface area contributed by atoms with E-state index in [1.165, 1.54) is 0 Å². The van der Waals surface area contributed by atoms with Crippen molar-refractivity contribution < 1.29 is 13.9 Å². The summed E-state index contributed by atoms with van der Waals surface area (Å²) in [5.74, 6) is 0.422. The molecule has 4 heterocycles. The molecule has 0 saturated heterocycles. The number of amides is 1. The van der Waals surface area contributed by atoms with E-state index in [4.69, 9.17) is 14.3 Å². The first-order valence-electron chi connectivity index (χ1n) is 10.7. The smallest absolute Gasteiger partial charge is 0.291 e. The number of hydrogen-bond donors (Lipinski definition) is 2. The molecule has 1 fully saturated rings. The van der Waals surface area contributed by atoms with Crippen LogP contribution >= 0.6 is 0 Å². The Kier molecular flexibility index (Phi) is 5.55. The molecule has 0 aliphatic heterocycles. The third-order valence-electron chi connectivity index (χ3n) is 5.63. The average molecular weight is 432 g/mol. The van der Waals surface area contributed by atoms with Crippen molar-refractivity contribution in [3.05, 3.63) is 60.9 Å². The summed E-state index contributed by atoms with van der Waals surface area (Å²) in [5, 5.41) is 14.4. The van der Waals surface area contributed by atoms with Gasteiger partial charge in [0, 0.05) is 25.2 Å². The van der Waals surface area contributed by atoms with Crippen molar-refractivity contribution in [2.45, 2.75) is 38.3 Å². The topological polar surface area (TPSA) is 111 Å². The zero-order valence-electron chi connectivity index (χ0n) is 17.7. The molecule has 1 saturated carbocycles. The fraction of sp³-hybridized carbons (Fsp3) is 0.304. The number of nitrogens with one attached hydrogen (secondary N) is 2. The maximum atomic E-state index is 12.9. The van der Waals surface area contributed by atoms with Crippen LogP contribution in [0.1, 0.15) is 42.8 Å². The molecule has 1 aliphatic rings. The number of rotatable bonds is 7.